The van der Waals surface area contributed by atoms with Crippen LogP contribution in [-0.4, -0.2) is 75.5 Å². The topological polar surface area (TPSA) is 102 Å². The van der Waals surface area contributed by atoms with Gasteiger partial charge in [-0.15, -0.1) is 0 Å². The van der Waals surface area contributed by atoms with Gasteiger partial charge in [0.15, 0.2) is 6.10 Å². The molecule has 0 N–H and O–H groups in total. The number of carbonyl (C=O) groups excluding carboxylic acids is 3. The summed E-state index contributed by atoms with van der Waals surface area (Å²) in [6.07, 6.45) is 48.9. The molecule has 2 atom stereocenters. The van der Waals surface area contributed by atoms with E-state index in [1.54, 1.807) is 21.1 Å². The summed E-state index contributed by atoms with van der Waals surface area (Å²) in [7, 11) is 5.41. The number of esters is 2. The van der Waals surface area contributed by atoms with E-state index in [1.165, 1.54) is 116 Å². The predicted molar refractivity (Wildman–Crippen MR) is 245 cm³/mol. The van der Waals surface area contributed by atoms with Crippen LogP contribution in [0.15, 0.2) is 36.5 Å². The van der Waals surface area contributed by atoms with Crippen LogP contribution in [0.5, 0.6) is 0 Å². The maximum Gasteiger partial charge on any atom is 0.306 e. The van der Waals surface area contributed by atoms with E-state index in [0.717, 1.165) is 70.6 Å². The van der Waals surface area contributed by atoms with Gasteiger partial charge in [0.25, 0.3) is 0 Å². The van der Waals surface area contributed by atoms with Crippen molar-refractivity contribution in [2.75, 3.05) is 41.0 Å². The fourth-order valence-electron chi connectivity index (χ4n) is 7.26. The molecule has 0 aromatic heterocycles. The Morgan fingerprint density at radius 2 is 0.949 bits per heavy atom. The minimum atomic E-state index is -1.13. The average Bonchev–Trinajstić information content (AvgIpc) is 3.19. The van der Waals surface area contributed by atoms with Gasteiger partial charge in [0.05, 0.1) is 40.3 Å². The van der Waals surface area contributed by atoms with Crippen molar-refractivity contribution in [2.45, 2.75) is 231 Å². The molecule has 0 aliphatic rings. The number of hydrogen-bond acceptors (Lipinski definition) is 7. The van der Waals surface area contributed by atoms with E-state index >= 15 is 0 Å². The fourth-order valence-corrected chi connectivity index (χ4v) is 7.26. The molecule has 0 aromatic rings. The van der Waals surface area contributed by atoms with E-state index in [0.29, 0.717) is 12.8 Å². The second-order valence-electron chi connectivity index (χ2n) is 17.7. The number of hydrogen-bond donors (Lipinski definition) is 0. The normalized spacial score (nSPS) is 13.2. The molecule has 0 spiro atoms. The molecule has 8 heteroatoms. The number of likely N-dealkylation sites (N-methyl/N-ethyl adjacent to an activating group) is 1. The van der Waals surface area contributed by atoms with Gasteiger partial charge < -0.3 is 28.6 Å². The lowest BCUT2D eigenvalue weighted by molar-refractivity contribution is -0.889. The molecule has 8 nitrogen and oxygen atoms in total. The van der Waals surface area contributed by atoms with Crippen molar-refractivity contribution in [3.05, 3.63) is 36.5 Å². The number of carboxylic acid groups (broad SMARTS) is 1. The predicted octanol–water partition coefficient (Wildman–Crippen LogP) is 12.5. The molecule has 0 aromatic carbocycles. The number of quaternary nitrogens is 1. The highest BCUT2D eigenvalue weighted by atomic mass is 16.6. The Morgan fingerprint density at radius 3 is 1.41 bits per heavy atom. The molecule has 0 fully saturated rings. The highest BCUT2D eigenvalue weighted by molar-refractivity contribution is 5.70. The molecule has 344 valence electrons. The van der Waals surface area contributed by atoms with Crippen LogP contribution < -0.4 is 5.11 Å². The summed E-state index contributed by atoms with van der Waals surface area (Å²) in [5, 5.41) is 11.6. The van der Waals surface area contributed by atoms with Gasteiger partial charge in [0.2, 0.25) is 0 Å². The van der Waals surface area contributed by atoms with Crippen LogP contribution >= 0.6 is 0 Å². The van der Waals surface area contributed by atoms with Crippen LogP contribution in [0.4, 0.5) is 0 Å². The van der Waals surface area contributed by atoms with Crippen molar-refractivity contribution in [3.63, 3.8) is 0 Å². The van der Waals surface area contributed by atoms with Crippen LogP contribution in [0.25, 0.3) is 0 Å². The van der Waals surface area contributed by atoms with Gasteiger partial charge in [-0.25, -0.2) is 0 Å². The molecule has 0 heterocycles. The summed E-state index contributed by atoms with van der Waals surface area (Å²) in [4.78, 5) is 36.9. The van der Waals surface area contributed by atoms with Crippen molar-refractivity contribution in [2.24, 2.45) is 0 Å². The lowest BCUT2D eigenvalue weighted by Crippen LogP contribution is -2.55. The Hall–Kier alpha value is -2.45. The van der Waals surface area contributed by atoms with Crippen LogP contribution in [0.3, 0.4) is 0 Å². The second kappa shape index (κ2) is 42.2. The lowest BCUT2D eigenvalue weighted by atomic mass is 10.0. The molecule has 0 radical (unpaired) electrons. The van der Waals surface area contributed by atoms with Crippen LogP contribution in [0.1, 0.15) is 219 Å². The molecule has 0 rings (SSSR count). The zero-order chi connectivity index (χ0) is 43.5. The maximum absolute atomic E-state index is 12.7. The van der Waals surface area contributed by atoms with Gasteiger partial charge in [0, 0.05) is 19.3 Å². The highest BCUT2D eigenvalue weighted by Crippen LogP contribution is 2.16. The quantitative estimate of drug-likeness (QED) is 0.0261. The third-order valence-corrected chi connectivity index (χ3v) is 11.0. The molecular weight excluding hydrogens is 739 g/mol. The zero-order valence-electron chi connectivity index (χ0n) is 39.2. The third-order valence-electron chi connectivity index (χ3n) is 11.0. The van der Waals surface area contributed by atoms with E-state index in [4.69, 9.17) is 14.2 Å². The Labute approximate surface area is 364 Å². The minimum Gasteiger partial charge on any atom is -0.544 e. The fraction of sp³-hybridized carbons (Fsp3) is 0.824. The van der Waals surface area contributed by atoms with Crippen LogP contribution in [0.2, 0.25) is 0 Å². The number of allylic oxidation sites excluding steroid dienone is 6. The third kappa shape index (κ3) is 40.7. The summed E-state index contributed by atoms with van der Waals surface area (Å²) in [6, 6.07) is -0.729. The monoisotopic (exact) mass is 832 g/mol. The molecule has 0 amide bonds. The summed E-state index contributed by atoms with van der Waals surface area (Å²) in [6.45, 7) is 4.55. The minimum absolute atomic E-state index is 0.0340. The van der Waals surface area contributed by atoms with Crippen molar-refractivity contribution in [1.29, 1.82) is 0 Å². The van der Waals surface area contributed by atoms with Gasteiger partial charge in [0.1, 0.15) is 12.6 Å². The summed E-state index contributed by atoms with van der Waals surface area (Å²) < 4.78 is 17.2. The summed E-state index contributed by atoms with van der Waals surface area (Å²) >= 11 is 0. The Bertz CT molecular complexity index is 1060. The zero-order valence-corrected chi connectivity index (χ0v) is 39.2. The van der Waals surface area contributed by atoms with Gasteiger partial charge >= 0.3 is 11.9 Å². The molecule has 0 saturated carbocycles. The first-order chi connectivity index (χ1) is 28.6. The second-order valence-corrected chi connectivity index (χ2v) is 17.7. The number of unbranched alkanes of at least 4 members (excludes halogenated alkanes) is 24. The molecule has 2 unspecified atom stereocenters. The van der Waals surface area contributed by atoms with E-state index in [9.17, 15) is 19.5 Å². The number of rotatable bonds is 44. The van der Waals surface area contributed by atoms with Crippen molar-refractivity contribution < 1.29 is 38.2 Å². The SMILES string of the molecule is CC/C=C/C/C=C/C/C=C/CCCCCCC(=O)OC(COCCC(C(=O)[O-])[N+](C)(C)C)COC(=O)CCCCCCCCCCCCCCCCCCCCCCC. The highest BCUT2D eigenvalue weighted by Gasteiger charge is 2.25. The van der Waals surface area contributed by atoms with Crippen molar-refractivity contribution in [3.8, 4) is 0 Å². The molecule has 0 saturated heterocycles. The number of nitrogens with zero attached hydrogens (tertiary/aromatic N) is 1. The number of aliphatic carboxylic acids is 1. The Balaban J connectivity index is 4.22. The van der Waals surface area contributed by atoms with E-state index in [1.807, 2.05) is 0 Å². The van der Waals surface area contributed by atoms with Gasteiger partial charge in [-0.1, -0.05) is 192 Å². The first kappa shape index (κ1) is 56.5. The molecular formula is C51H93NO7. The molecule has 0 aliphatic carbocycles. The standard InChI is InChI=1S/C51H93NO7/c1-6-8-10-12-14-16-18-20-22-23-24-25-26-27-28-30-31-33-35-37-39-41-49(53)58-46-47(45-57-44-43-48(51(55)56)52(3,4)5)59-50(54)42-40-38-36-34-32-29-21-19-17-15-13-11-9-7-2/h9,11,15,17,21,29,47-48H,6-8,10,12-14,16,18-20,22-28,30-46H2,1-5H3/b11-9+,17-15+,29-21+. The van der Waals surface area contributed by atoms with Crippen LogP contribution in [-0.2, 0) is 28.6 Å². The van der Waals surface area contributed by atoms with Gasteiger partial charge in [-0.3, -0.25) is 9.59 Å². The Kier molecular flexibility index (Phi) is 40.5. The van der Waals surface area contributed by atoms with E-state index < -0.39 is 18.1 Å². The van der Waals surface area contributed by atoms with Gasteiger partial charge in [-0.05, 0) is 44.9 Å². The van der Waals surface area contributed by atoms with Crippen molar-refractivity contribution in [1.82, 2.24) is 0 Å². The molecule has 0 bridgehead atoms. The average molecular weight is 832 g/mol. The van der Waals surface area contributed by atoms with Crippen LogP contribution in [0, 0.1) is 0 Å². The van der Waals surface area contributed by atoms with E-state index in [2.05, 4.69) is 50.3 Å². The smallest absolute Gasteiger partial charge is 0.306 e. The molecule has 59 heavy (non-hydrogen) atoms. The van der Waals surface area contributed by atoms with E-state index in [-0.39, 0.29) is 42.7 Å². The Morgan fingerprint density at radius 1 is 0.525 bits per heavy atom. The van der Waals surface area contributed by atoms with Gasteiger partial charge in [-0.2, -0.15) is 0 Å². The summed E-state index contributed by atoms with van der Waals surface area (Å²) in [5.74, 6) is -1.75. The number of carbonyl (C=O) groups is 3. The number of carboxylic acids is 1. The molecule has 0 aliphatic heterocycles. The van der Waals surface area contributed by atoms with Crippen molar-refractivity contribution >= 4 is 17.9 Å². The summed E-state index contributed by atoms with van der Waals surface area (Å²) in [5.41, 5.74) is 0. The largest absolute Gasteiger partial charge is 0.544 e. The maximum atomic E-state index is 12.7. The first-order valence-electron chi connectivity index (χ1n) is 24.5. The number of ether oxygens (including phenoxy) is 3. The first-order valence-corrected chi connectivity index (χ1v) is 24.5. The lowest BCUT2D eigenvalue weighted by Gasteiger charge is -2.34.